The highest BCUT2D eigenvalue weighted by Gasteiger charge is 2.40. The maximum atomic E-state index is 13.4. The van der Waals surface area contributed by atoms with E-state index in [1.54, 1.807) is 67.9 Å². The van der Waals surface area contributed by atoms with E-state index in [1.165, 1.54) is 28.4 Å². The van der Waals surface area contributed by atoms with Crippen molar-refractivity contribution in [3.63, 3.8) is 0 Å². The number of aliphatic carboxylic acids is 2. The molecular formula is C97H153N11O26. The molecular weight excluding hydrogens is 1740 g/mol. The zero-order chi connectivity index (χ0) is 102. The van der Waals surface area contributed by atoms with Gasteiger partial charge in [-0.1, -0.05) is 107 Å². The Bertz CT molecular complexity index is 4410. The first-order valence-electron chi connectivity index (χ1n) is 45.7. The fraction of sp³-hybridized carbons (Fsp3) is 0.670. The van der Waals surface area contributed by atoms with Crippen molar-refractivity contribution in [2.75, 3.05) is 68.8 Å². The van der Waals surface area contributed by atoms with Crippen LogP contribution in [0.5, 0.6) is 11.5 Å². The van der Waals surface area contributed by atoms with Gasteiger partial charge in [0.05, 0.1) is 61.0 Å². The van der Waals surface area contributed by atoms with Gasteiger partial charge in [0.2, 0.25) is 47.3 Å². The largest absolute Gasteiger partial charge is 0.496 e. The van der Waals surface area contributed by atoms with Crippen LogP contribution in [0.1, 0.15) is 256 Å². The summed E-state index contributed by atoms with van der Waals surface area (Å²) in [7, 11) is 8.20. The summed E-state index contributed by atoms with van der Waals surface area (Å²) in [6.07, 6.45) is 12.3. The number of amides is 9. The molecule has 0 bridgehead atoms. The number of rotatable bonds is 31. The van der Waals surface area contributed by atoms with Crippen LogP contribution in [-0.4, -0.2) is 228 Å². The van der Waals surface area contributed by atoms with Crippen LogP contribution in [0.4, 0.5) is 4.79 Å². The first-order valence-corrected chi connectivity index (χ1v) is 45.7. The lowest BCUT2D eigenvalue weighted by Crippen LogP contribution is -2.54. The lowest BCUT2D eigenvalue weighted by molar-refractivity contribution is -0.160. The molecule has 2 aromatic carbocycles. The zero-order valence-corrected chi connectivity index (χ0v) is 83.2. The quantitative estimate of drug-likeness (QED) is 0.0249. The molecule has 134 heavy (non-hydrogen) atoms. The first-order chi connectivity index (χ1) is 62.1. The van der Waals surface area contributed by atoms with E-state index in [9.17, 15) is 76.7 Å². The van der Waals surface area contributed by atoms with E-state index < -0.39 is 131 Å². The van der Waals surface area contributed by atoms with Crippen molar-refractivity contribution in [3.05, 3.63) is 69.8 Å². The average molecular weight is 1890 g/mol. The summed E-state index contributed by atoms with van der Waals surface area (Å²) in [6.45, 7) is 36.7. The fourth-order valence-electron chi connectivity index (χ4n) is 15.5. The molecule has 4 saturated heterocycles. The highest BCUT2D eigenvalue weighted by atomic mass is 16.6. The van der Waals surface area contributed by atoms with Crippen LogP contribution in [0.2, 0.25) is 0 Å². The predicted molar refractivity (Wildman–Crippen MR) is 501 cm³/mol. The molecule has 0 unspecified atom stereocenters. The molecule has 15 N–H and O–H groups in total. The number of benzene rings is 2. The van der Waals surface area contributed by atoms with Crippen LogP contribution >= 0.6 is 0 Å². The van der Waals surface area contributed by atoms with E-state index in [1.807, 2.05) is 119 Å². The molecule has 752 valence electrons. The van der Waals surface area contributed by atoms with Gasteiger partial charge in [-0.25, -0.2) is 24.0 Å². The van der Waals surface area contributed by atoms with Crippen molar-refractivity contribution in [2.45, 2.75) is 300 Å². The lowest BCUT2D eigenvalue weighted by Gasteiger charge is -2.30. The smallest absolute Gasteiger partial charge is 0.408 e. The molecule has 9 amide bonds. The minimum absolute atomic E-state index is 0.00407. The zero-order valence-electron chi connectivity index (χ0n) is 83.2. The highest BCUT2D eigenvalue weighted by molar-refractivity contribution is 6.03. The number of carboxylic acid groups (broad SMARTS) is 2. The number of alkyl carbamates (subject to hydrolysis) is 1. The number of nitrogens with one attached hydrogen (secondary N) is 9. The number of fused-ring (bicyclic) bond motifs is 2. The molecule has 4 heterocycles. The molecule has 2 aromatic rings. The Morgan fingerprint density at radius 3 is 1.06 bits per heavy atom. The van der Waals surface area contributed by atoms with Crippen molar-refractivity contribution < 1.29 is 125 Å². The fourth-order valence-corrected chi connectivity index (χ4v) is 15.5. The number of methoxy groups -OCH3 is 6. The Morgan fingerprint density at radius 2 is 0.739 bits per heavy atom. The minimum atomic E-state index is -0.991. The van der Waals surface area contributed by atoms with Crippen LogP contribution in [0.25, 0.3) is 12.2 Å². The minimum Gasteiger partial charge on any atom is -0.496 e. The summed E-state index contributed by atoms with van der Waals surface area (Å²) in [5.74, 6) is -7.10. The summed E-state index contributed by atoms with van der Waals surface area (Å²) in [4.78, 5) is 193. The normalized spacial score (nSPS) is 18.6. The molecule has 37 heteroatoms. The molecule has 12 atom stereocenters. The van der Waals surface area contributed by atoms with Gasteiger partial charge >= 0.3 is 47.9 Å². The highest BCUT2D eigenvalue weighted by Crippen LogP contribution is 2.36. The number of ether oxygens (including phenoxy) is 8. The average Bonchev–Trinajstić information content (AvgIpc) is 1.65. The Labute approximate surface area is 789 Å². The summed E-state index contributed by atoms with van der Waals surface area (Å²) in [5, 5.41) is 42.5. The van der Waals surface area contributed by atoms with Gasteiger partial charge in [0.15, 0.2) is 0 Å². The Hall–Kier alpha value is -11.2. The van der Waals surface area contributed by atoms with Crippen molar-refractivity contribution in [1.29, 1.82) is 0 Å². The van der Waals surface area contributed by atoms with Gasteiger partial charge < -0.3 is 107 Å². The number of piperidine rings is 4. The molecule has 0 saturated carbocycles. The van der Waals surface area contributed by atoms with E-state index in [0.717, 1.165) is 66.7 Å². The second-order valence-corrected chi connectivity index (χ2v) is 41.1. The third-order valence-electron chi connectivity index (χ3n) is 21.8. The number of esters is 5. The standard InChI is InChI=1S/C27H37N3O6.C21H37N3O6.C16H29N3O4.C13H24O4.C11H10O3.C9H16N2O3/c1-27(2,3)15-21(30-24(32)18-12-16-8-6-10-22(35-4)19(16)13-18)25(33)29-20(26(34)36-5)14-17-9-7-11-28-23(17)31;1-20(2,3)12-15(24-19(28)30-21(4,5)6)17(26)23-14(18(27)29-7)11-13-9-8-10-22-16(13)25;1-16(2,3)9-11(17)14(21)19-12(15(22)23-4)8-10-6-5-7-18-13(10)20;1-12(2,3)8-9(11(15)16)7-10(14)17-13(4,5)6;1-14-10-4-2-3-7-5-8(11(12)13)6-9(7)10;1-14-9(13)7(10)5-6-3-2-4-11-8(6)12/h6,8,10,13,17,20-21H,7,9,11-12,14-15H2,1-5H3,(H,28,31)(H,29,33)(H,30,32);13-15H,8-12H2,1-7H3,(H,22,25)(H,23,26)(H,24,28);10-12H,5-9,17H2,1-4H3,(H,18,20)(H,19,21);9H,7-8H2,1-6H3,(H,15,16);2-4,6H,5H2,1H3,(H,12,13);6-7H,2-5,10H2,1H3,(H,11,12)/t17-,20-,21-;13-,14-,15-;10-,11-,12-;9-;;6-,7-/m0000.0/s1. The third kappa shape index (κ3) is 43.8. The van der Waals surface area contributed by atoms with Crippen LogP contribution in [0.15, 0.2) is 47.5 Å². The molecule has 0 spiro atoms. The van der Waals surface area contributed by atoms with Gasteiger partial charge in [0.1, 0.15) is 59.0 Å². The topological polar surface area (TPSA) is 548 Å². The molecule has 37 nitrogen and oxygen atoms in total. The molecule has 0 aromatic heterocycles. The number of carboxylic acids is 2. The number of nitrogens with two attached hydrogens (primary N) is 2. The monoisotopic (exact) mass is 1890 g/mol. The van der Waals surface area contributed by atoms with Crippen LogP contribution in [0.3, 0.4) is 0 Å². The second kappa shape index (κ2) is 54.3. The van der Waals surface area contributed by atoms with E-state index in [-0.39, 0.29) is 94.6 Å². The Morgan fingerprint density at radius 1 is 0.403 bits per heavy atom. The number of carbonyl (C=O) groups is 16. The SMILES string of the molecule is CC(C)(C)C[C@H](CC(=O)OC(C)(C)C)C(=O)O.COC(=O)[C@@H](N)C[C@@H]1CCCNC1=O.COC(=O)[C@H](C[C@@H]1CCCNC1=O)NC(=O)[C@@H](N)CC(C)(C)C.COC(=O)[C@H](C[C@@H]1CCCNC1=O)NC(=O)[C@H](CC(C)(C)C)NC(=O)C1=Cc2c(cccc2OC)C1.COC(=O)[C@H](C[C@@H]1CCCNC1=O)NC(=O)[C@H](CC(C)(C)C)NC(=O)OC(C)(C)C.COc1cccc2c1C=C(C(=O)O)C2. The van der Waals surface area contributed by atoms with Crippen molar-refractivity contribution >= 4 is 107 Å². The van der Waals surface area contributed by atoms with Gasteiger partial charge in [0, 0.05) is 85.0 Å². The number of hydrogen-bond donors (Lipinski definition) is 13. The third-order valence-corrected chi connectivity index (χ3v) is 21.8. The van der Waals surface area contributed by atoms with Crippen LogP contribution in [0, 0.1) is 51.2 Å². The molecule has 8 rings (SSSR count). The summed E-state index contributed by atoms with van der Waals surface area (Å²) in [6, 6.07) is 5.27. The first kappa shape index (κ1) is 117. The van der Waals surface area contributed by atoms with Gasteiger partial charge in [-0.3, -0.25) is 52.7 Å². The van der Waals surface area contributed by atoms with E-state index in [0.29, 0.717) is 101 Å². The number of hydrogen-bond acceptors (Lipinski definition) is 26. The predicted octanol–water partition coefficient (Wildman–Crippen LogP) is 8.32. The van der Waals surface area contributed by atoms with E-state index in [4.69, 9.17) is 54.8 Å². The van der Waals surface area contributed by atoms with Gasteiger partial charge in [-0.05, 0) is 201 Å². The molecule has 2 aliphatic carbocycles. The Balaban J connectivity index is 0.000000429. The van der Waals surface area contributed by atoms with Crippen molar-refractivity contribution in [3.8, 4) is 11.5 Å². The molecule has 6 aliphatic rings. The maximum absolute atomic E-state index is 13.4. The maximum Gasteiger partial charge on any atom is 0.408 e. The van der Waals surface area contributed by atoms with Crippen LogP contribution in [-0.2, 0) is 113 Å². The Kier molecular flexibility index (Phi) is 47.4. The van der Waals surface area contributed by atoms with E-state index >= 15 is 0 Å². The van der Waals surface area contributed by atoms with Crippen molar-refractivity contribution in [2.24, 2.45) is 62.7 Å². The van der Waals surface area contributed by atoms with Gasteiger partial charge in [0.25, 0.3) is 0 Å². The molecule has 4 fully saturated rings. The van der Waals surface area contributed by atoms with Gasteiger partial charge in [-0.2, -0.15) is 0 Å². The van der Waals surface area contributed by atoms with E-state index in [2.05, 4.69) is 52.6 Å². The summed E-state index contributed by atoms with van der Waals surface area (Å²) in [5.41, 5.74) is 14.1. The number of carbonyl (C=O) groups excluding carboxylic acids is 14. The van der Waals surface area contributed by atoms with Crippen molar-refractivity contribution in [1.82, 2.24) is 47.9 Å². The molecule has 4 aliphatic heterocycles. The summed E-state index contributed by atoms with van der Waals surface area (Å²) < 4.78 is 39.9. The summed E-state index contributed by atoms with van der Waals surface area (Å²) >= 11 is 0. The molecule has 0 radical (unpaired) electrons. The van der Waals surface area contributed by atoms with Crippen LogP contribution < -0.4 is 68.8 Å². The lowest BCUT2D eigenvalue weighted by atomic mass is 9.83. The second-order valence-electron chi connectivity index (χ2n) is 41.1. The van der Waals surface area contributed by atoms with Gasteiger partial charge in [-0.15, -0.1) is 0 Å².